The van der Waals surface area contributed by atoms with E-state index in [1.165, 1.54) is 4.90 Å². The smallest absolute Gasteiger partial charge is 0.300 e. The summed E-state index contributed by atoms with van der Waals surface area (Å²) in [7, 11) is 0. The summed E-state index contributed by atoms with van der Waals surface area (Å²) in [4.78, 5) is 27.9. The number of unbranched alkanes of at least 4 members (excludes halogenated alkanes) is 2. The Kier molecular flexibility index (Phi) is 7.12. The lowest BCUT2D eigenvalue weighted by molar-refractivity contribution is -0.132. The molecule has 4 rings (SSSR count). The van der Waals surface area contributed by atoms with E-state index >= 15 is 0 Å². The first-order chi connectivity index (χ1) is 16.5. The van der Waals surface area contributed by atoms with E-state index in [1.807, 2.05) is 55.5 Å². The van der Waals surface area contributed by atoms with Crippen LogP contribution in [0.15, 0.2) is 84.4 Å². The summed E-state index contributed by atoms with van der Waals surface area (Å²) in [6.45, 7) is 4.71. The fourth-order valence-electron chi connectivity index (χ4n) is 4.23. The van der Waals surface area contributed by atoms with Gasteiger partial charge in [-0.2, -0.15) is 0 Å². The van der Waals surface area contributed by atoms with Crippen molar-refractivity contribution in [3.8, 4) is 5.75 Å². The van der Waals surface area contributed by atoms with E-state index in [0.29, 0.717) is 23.6 Å². The van der Waals surface area contributed by atoms with Gasteiger partial charge in [-0.15, -0.1) is 0 Å². The van der Waals surface area contributed by atoms with Gasteiger partial charge in [-0.25, -0.2) is 0 Å². The van der Waals surface area contributed by atoms with Gasteiger partial charge in [0, 0.05) is 11.3 Å². The number of benzene rings is 3. The van der Waals surface area contributed by atoms with Crippen molar-refractivity contribution < 1.29 is 19.4 Å². The fourth-order valence-corrected chi connectivity index (χ4v) is 4.23. The lowest BCUT2D eigenvalue weighted by Gasteiger charge is -2.25. The molecule has 1 amide bonds. The molecular weight excluding hydrogens is 426 g/mol. The van der Waals surface area contributed by atoms with E-state index in [0.717, 1.165) is 30.4 Å². The number of hydrogen-bond donors (Lipinski definition) is 1. The van der Waals surface area contributed by atoms with Gasteiger partial charge in [0.2, 0.25) is 0 Å². The largest absolute Gasteiger partial charge is 0.507 e. The summed E-state index contributed by atoms with van der Waals surface area (Å²) in [5.41, 5.74) is 2.88. The third-order valence-electron chi connectivity index (χ3n) is 5.98. The highest BCUT2D eigenvalue weighted by atomic mass is 16.5. The van der Waals surface area contributed by atoms with E-state index < -0.39 is 17.7 Å². The molecule has 5 nitrogen and oxygen atoms in total. The Morgan fingerprint density at radius 2 is 1.68 bits per heavy atom. The zero-order chi connectivity index (χ0) is 24.1. The highest BCUT2D eigenvalue weighted by Crippen LogP contribution is 2.42. The molecule has 0 spiro atoms. The zero-order valence-electron chi connectivity index (χ0n) is 19.5. The zero-order valence-corrected chi connectivity index (χ0v) is 19.5. The van der Waals surface area contributed by atoms with Gasteiger partial charge in [0.15, 0.2) is 0 Å². The van der Waals surface area contributed by atoms with Crippen LogP contribution in [0.3, 0.4) is 0 Å². The Labute approximate surface area is 200 Å². The first kappa shape index (κ1) is 23.3. The number of aryl methyl sites for hydroxylation is 1. The van der Waals surface area contributed by atoms with Gasteiger partial charge < -0.3 is 9.84 Å². The van der Waals surface area contributed by atoms with E-state index in [1.54, 1.807) is 30.3 Å². The lowest BCUT2D eigenvalue weighted by atomic mass is 9.95. The molecule has 0 aliphatic carbocycles. The average molecular weight is 456 g/mol. The molecule has 1 fully saturated rings. The second kappa shape index (κ2) is 10.4. The van der Waals surface area contributed by atoms with Crippen LogP contribution in [0.2, 0.25) is 0 Å². The maximum atomic E-state index is 13.2. The molecule has 174 valence electrons. The van der Waals surface area contributed by atoms with Crippen molar-refractivity contribution in [2.45, 2.75) is 39.2 Å². The average Bonchev–Trinajstić information content (AvgIpc) is 3.13. The molecule has 1 saturated heterocycles. The number of aliphatic hydroxyl groups is 1. The second-order valence-electron chi connectivity index (χ2n) is 8.50. The van der Waals surface area contributed by atoms with Crippen LogP contribution in [0.4, 0.5) is 5.69 Å². The van der Waals surface area contributed by atoms with Gasteiger partial charge in [-0.3, -0.25) is 14.5 Å². The van der Waals surface area contributed by atoms with Gasteiger partial charge in [0.05, 0.1) is 18.2 Å². The number of nitrogens with zero attached hydrogens (tertiary/aromatic N) is 1. The number of aliphatic hydroxyl groups excluding tert-OH is 1. The van der Waals surface area contributed by atoms with Gasteiger partial charge in [-0.1, -0.05) is 62.2 Å². The van der Waals surface area contributed by atoms with Crippen LogP contribution in [0.25, 0.3) is 5.76 Å². The first-order valence-electron chi connectivity index (χ1n) is 11.7. The number of ketones is 1. The van der Waals surface area contributed by atoms with Gasteiger partial charge in [0.25, 0.3) is 11.7 Å². The van der Waals surface area contributed by atoms with Crippen molar-refractivity contribution in [1.29, 1.82) is 0 Å². The quantitative estimate of drug-likeness (QED) is 0.190. The number of amides is 1. The number of Topliss-reactive ketones (excluding diaryl/α,β-unsaturated/α-hetero) is 1. The monoisotopic (exact) mass is 455 g/mol. The third kappa shape index (κ3) is 4.74. The van der Waals surface area contributed by atoms with Gasteiger partial charge >= 0.3 is 0 Å². The van der Waals surface area contributed by atoms with Crippen LogP contribution in [-0.4, -0.2) is 23.4 Å². The molecule has 1 aliphatic heterocycles. The Morgan fingerprint density at radius 1 is 0.941 bits per heavy atom. The van der Waals surface area contributed by atoms with Crippen LogP contribution < -0.4 is 9.64 Å². The summed E-state index contributed by atoms with van der Waals surface area (Å²) in [5, 5.41) is 11.2. The number of carbonyl (C=O) groups excluding carboxylic acids is 2. The van der Waals surface area contributed by atoms with Crippen LogP contribution in [0, 0.1) is 6.92 Å². The summed E-state index contributed by atoms with van der Waals surface area (Å²) >= 11 is 0. The van der Waals surface area contributed by atoms with Crippen molar-refractivity contribution in [2.75, 3.05) is 11.5 Å². The minimum atomic E-state index is -0.729. The molecule has 0 radical (unpaired) electrons. The van der Waals surface area contributed by atoms with Crippen molar-refractivity contribution >= 4 is 23.1 Å². The molecule has 0 saturated carbocycles. The predicted octanol–water partition coefficient (Wildman–Crippen LogP) is 6.19. The molecule has 1 atom stereocenters. The van der Waals surface area contributed by atoms with Crippen molar-refractivity contribution in [3.63, 3.8) is 0 Å². The lowest BCUT2D eigenvalue weighted by Crippen LogP contribution is -2.29. The van der Waals surface area contributed by atoms with Crippen molar-refractivity contribution in [1.82, 2.24) is 0 Å². The summed E-state index contributed by atoms with van der Waals surface area (Å²) in [6, 6.07) is 23.0. The van der Waals surface area contributed by atoms with Crippen LogP contribution >= 0.6 is 0 Å². The van der Waals surface area contributed by atoms with E-state index in [2.05, 4.69) is 6.92 Å². The first-order valence-corrected chi connectivity index (χ1v) is 11.7. The number of carbonyl (C=O) groups is 2. The molecule has 0 bridgehead atoms. The SMILES string of the molecule is CCCCCOc1ccc(/C(O)=C2\C(=O)C(=O)N(c3cccc(C)c3)C2c2ccccc2)cc1. The Balaban J connectivity index is 1.74. The maximum Gasteiger partial charge on any atom is 0.300 e. The minimum Gasteiger partial charge on any atom is -0.507 e. The van der Waals surface area contributed by atoms with Gasteiger partial charge in [0.1, 0.15) is 11.5 Å². The predicted molar refractivity (Wildman–Crippen MR) is 134 cm³/mol. The third-order valence-corrected chi connectivity index (χ3v) is 5.98. The molecule has 1 unspecified atom stereocenters. The Bertz CT molecular complexity index is 1200. The highest BCUT2D eigenvalue weighted by molar-refractivity contribution is 6.51. The van der Waals surface area contributed by atoms with Crippen LogP contribution in [0.5, 0.6) is 5.75 Å². The molecular formula is C29H29NO4. The maximum absolute atomic E-state index is 13.2. The summed E-state index contributed by atoms with van der Waals surface area (Å²) in [5.74, 6) is -0.850. The molecule has 1 aliphatic rings. The fraction of sp³-hybridized carbons (Fsp3) is 0.241. The van der Waals surface area contributed by atoms with Gasteiger partial charge in [-0.05, 0) is 60.9 Å². The van der Waals surface area contributed by atoms with Crippen molar-refractivity contribution in [2.24, 2.45) is 0 Å². The van der Waals surface area contributed by atoms with E-state index in [-0.39, 0.29) is 11.3 Å². The van der Waals surface area contributed by atoms with E-state index in [4.69, 9.17) is 4.74 Å². The standard InChI is InChI=1S/C29H29NO4/c1-3-4-8-18-34-24-16-14-22(15-17-24)27(31)25-26(21-11-6-5-7-12-21)30(29(33)28(25)32)23-13-9-10-20(2)19-23/h5-7,9-17,19,26,31H,3-4,8,18H2,1-2H3/b27-25+. The van der Waals surface area contributed by atoms with E-state index in [9.17, 15) is 14.7 Å². The summed E-state index contributed by atoms with van der Waals surface area (Å²) in [6.07, 6.45) is 3.22. The topological polar surface area (TPSA) is 66.8 Å². The molecule has 34 heavy (non-hydrogen) atoms. The molecule has 1 heterocycles. The molecule has 5 heteroatoms. The van der Waals surface area contributed by atoms with Crippen LogP contribution in [-0.2, 0) is 9.59 Å². The number of hydrogen-bond acceptors (Lipinski definition) is 4. The van der Waals surface area contributed by atoms with Crippen molar-refractivity contribution in [3.05, 3.63) is 101 Å². The second-order valence-corrected chi connectivity index (χ2v) is 8.50. The van der Waals surface area contributed by atoms with Crippen LogP contribution in [0.1, 0.15) is 48.9 Å². The number of ether oxygens (including phenoxy) is 1. The molecule has 3 aromatic carbocycles. The Morgan fingerprint density at radius 3 is 2.35 bits per heavy atom. The molecule has 0 aromatic heterocycles. The number of rotatable bonds is 8. The number of anilines is 1. The summed E-state index contributed by atoms with van der Waals surface area (Å²) < 4.78 is 5.76. The minimum absolute atomic E-state index is 0.0781. The Hall–Kier alpha value is -3.86. The highest BCUT2D eigenvalue weighted by Gasteiger charge is 2.46. The molecule has 1 N–H and O–H groups in total. The molecule has 3 aromatic rings. The normalized spacial score (nSPS) is 17.2.